The summed E-state index contributed by atoms with van der Waals surface area (Å²) >= 11 is 0. The minimum absolute atomic E-state index is 0.0550. The van der Waals surface area contributed by atoms with Gasteiger partial charge in [-0.1, -0.05) is 0 Å². The Hall–Kier alpha value is -3.77. The molecule has 32 heavy (non-hydrogen) atoms. The van der Waals surface area contributed by atoms with Gasteiger partial charge in [-0.3, -0.25) is 4.79 Å². The lowest BCUT2D eigenvalue weighted by Crippen LogP contribution is -2.28. The van der Waals surface area contributed by atoms with Crippen LogP contribution in [0.5, 0.6) is 0 Å². The third kappa shape index (κ3) is 4.60. The number of aromatic amines is 1. The molecule has 4 rings (SSSR count). The maximum absolute atomic E-state index is 12.4. The second kappa shape index (κ2) is 8.40. The highest BCUT2D eigenvalue weighted by atomic mass is 19.4. The van der Waals surface area contributed by atoms with Crippen molar-refractivity contribution in [2.45, 2.75) is 19.0 Å². The fourth-order valence-electron chi connectivity index (χ4n) is 3.14. The van der Waals surface area contributed by atoms with E-state index in [9.17, 15) is 26.7 Å². The predicted molar refractivity (Wildman–Crippen MR) is 106 cm³/mol. The van der Waals surface area contributed by atoms with E-state index in [0.29, 0.717) is 27.7 Å². The molecular weight excluding hydrogens is 437 g/mol. The Bertz CT molecular complexity index is 1260. The van der Waals surface area contributed by atoms with Crippen LogP contribution in [-0.2, 0) is 0 Å². The fourth-order valence-corrected chi connectivity index (χ4v) is 3.14. The number of rotatable bonds is 7. The van der Waals surface area contributed by atoms with Crippen molar-refractivity contribution in [2.75, 3.05) is 18.4 Å². The van der Waals surface area contributed by atoms with Gasteiger partial charge in [0.15, 0.2) is 0 Å². The summed E-state index contributed by atoms with van der Waals surface area (Å²) in [5.41, 5.74) is 2.32. The van der Waals surface area contributed by atoms with E-state index in [1.807, 2.05) is 0 Å². The van der Waals surface area contributed by atoms with Crippen LogP contribution in [-0.4, -0.2) is 56.2 Å². The molecule has 0 atom stereocenters. The number of hydrogen-bond acceptors (Lipinski definition) is 5. The maximum atomic E-state index is 12.4. The lowest BCUT2D eigenvalue weighted by atomic mass is 10.1. The second-order valence-electron chi connectivity index (χ2n) is 6.85. The zero-order valence-corrected chi connectivity index (χ0v) is 16.2. The van der Waals surface area contributed by atoms with Crippen LogP contribution in [0.3, 0.4) is 0 Å². The van der Waals surface area contributed by atoms with Gasteiger partial charge < -0.3 is 15.6 Å². The monoisotopic (exact) mass is 453 g/mol. The maximum Gasteiger partial charge on any atom is 0.390 e. The molecule has 0 aromatic carbocycles. The highest BCUT2D eigenvalue weighted by molar-refractivity contribution is 6.02. The molecule has 4 heterocycles. The van der Waals surface area contributed by atoms with Crippen molar-refractivity contribution in [1.82, 2.24) is 29.9 Å². The van der Waals surface area contributed by atoms with Gasteiger partial charge in [-0.25, -0.2) is 18.3 Å². The second-order valence-corrected chi connectivity index (χ2v) is 6.85. The van der Waals surface area contributed by atoms with E-state index in [4.69, 9.17) is 0 Å². The average molecular weight is 453 g/mol. The van der Waals surface area contributed by atoms with E-state index >= 15 is 0 Å². The number of nitrogens with one attached hydrogen (secondary N) is 3. The molecule has 168 valence electrons. The van der Waals surface area contributed by atoms with Crippen LogP contribution in [0.4, 0.5) is 27.9 Å². The van der Waals surface area contributed by atoms with E-state index in [-0.39, 0.29) is 18.1 Å². The third-order valence-corrected chi connectivity index (χ3v) is 4.62. The van der Waals surface area contributed by atoms with Gasteiger partial charge in [0, 0.05) is 36.1 Å². The number of halogens is 5. The number of fused-ring (bicyclic) bond motifs is 2. The molecule has 1 amide bonds. The number of nitrogens with zero attached hydrogens (tertiary/aromatic N) is 4. The Balaban J connectivity index is 1.60. The van der Waals surface area contributed by atoms with Gasteiger partial charge in [0.25, 0.3) is 12.3 Å². The normalized spacial score (nSPS) is 12.1. The Kier molecular flexibility index (Phi) is 5.63. The minimum atomic E-state index is -4.28. The first-order valence-corrected chi connectivity index (χ1v) is 9.40. The topological polar surface area (TPSA) is 100 Å². The standard InChI is InChI=1S/C19H16F5N7O/c20-15(21)9-27-17(32)13-8-29-31-4-1-10(5-14(13)31)11-6-26-16-12(11)7-28-18(30-16)25-3-2-19(22,23)24/h1,4-8,15H,2-3,9H2,(H,27,32)(H2,25,26,28,30). The number of amides is 1. The molecule has 0 saturated heterocycles. The number of carbonyl (C=O) groups is 1. The van der Waals surface area contributed by atoms with Gasteiger partial charge in [0.05, 0.1) is 30.2 Å². The molecule has 13 heteroatoms. The van der Waals surface area contributed by atoms with Gasteiger partial charge in [0.2, 0.25) is 5.95 Å². The summed E-state index contributed by atoms with van der Waals surface area (Å²) in [6.07, 6.45) is -1.94. The zero-order chi connectivity index (χ0) is 22.9. The fraction of sp³-hybridized carbons (Fsp3) is 0.263. The summed E-state index contributed by atoms with van der Waals surface area (Å²) in [6.45, 7) is -1.12. The van der Waals surface area contributed by atoms with Gasteiger partial charge in [-0.15, -0.1) is 0 Å². The zero-order valence-electron chi connectivity index (χ0n) is 16.2. The van der Waals surface area contributed by atoms with Crippen LogP contribution in [0, 0.1) is 0 Å². The summed E-state index contributed by atoms with van der Waals surface area (Å²) in [4.78, 5) is 23.4. The summed E-state index contributed by atoms with van der Waals surface area (Å²) < 4.78 is 63.1. The van der Waals surface area contributed by atoms with Crippen LogP contribution in [0.25, 0.3) is 27.7 Å². The third-order valence-electron chi connectivity index (χ3n) is 4.62. The largest absolute Gasteiger partial charge is 0.390 e. The first-order valence-electron chi connectivity index (χ1n) is 9.40. The Morgan fingerprint density at radius 1 is 1.25 bits per heavy atom. The predicted octanol–water partition coefficient (Wildman–Crippen LogP) is 3.63. The summed E-state index contributed by atoms with van der Waals surface area (Å²) in [6, 6.07) is 3.40. The smallest absolute Gasteiger partial charge is 0.354 e. The highest BCUT2D eigenvalue weighted by Crippen LogP contribution is 2.29. The summed E-state index contributed by atoms with van der Waals surface area (Å²) in [5, 5.41) is 9.34. The number of aromatic nitrogens is 5. The van der Waals surface area contributed by atoms with Gasteiger partial charge in [-0.2, -0.15) is 23.3 Å². The minimum Gasteiger partial charge on any atom is -0.354 e. The van der Waals surface area contributed by atoms with Crippen LogP contribution < -0.4 is 10.6 Å². The molecule has 0 aliphatic heterocycles. The first kappa shape index (κ1) is 21.5. The van der Waals surface area contributed by atoms with Crippen LogP contribution >= 0.6 is 0 Å². The van der Waals surface area contributed by atoms with Crippen LogP contribution in [0.1, 0.15) is 16.8 Å². The van der Waals surface area contributed by atoms with Crippen molar-refractivity contribution >= 4 is 28.4 Å². The van der Waals surface area contributed by atoms with Crippen molar-refractivity contribution in [1.29, 1.82) is 0 Å². The summed E-state index contributed by atoms with van der Waals surface area (Å²) in [5.74, 6) is -0.617. The number of H-pyrrole nitrogens is 1. The molecule has 4 aromatic heterocycles. The van der Waals surface area contributed by atoms with Gasteiger partial charge in [-0.05, 0) is 17.7 Å². The van der Waals surface area contributed by atoms with Crippen molar-refractivity contribution in [3.8, 4) is 11.1 Å². The van der Waals surface area contributed by atoms with E-state index < -0.39 is 31.5 Å². The Labute approximate surface area is 176 Å². The number of hydrogen-bond donors (Lipinski definition) is 3. The van der Waals surface area contributed by atoms with Gasteiger partial charge >= 0.3 is 6.18 Å². The molecular formula is C19H16F5N7O. The number of alkyl halides is 5. The van der Waals surface area contributed by atoms with E-state index in [2.05, 4.69) is 30.7 Å². The van der Waals surface area contributed by atoms with Crippen molar-refractivity contribution in [2.24, 2.45) is 0 Å². The van der Waals surface area contributed by atoms with E-state index in [0.717, 1.165) is 0 Å². The number of carbonyl (C=O) groups excluding carboxylic acids is 1. The number of anilines is 1. The van der Waals surface area contributed by atoms with E-state index in [1.165, 1.54) is 16.9 Å². The molecule has 0 spiro atoms. The molecule has 8 nitrogen and oxygen atoms in total. The van der Waals surface area contributed by atoms with Gasteiger partial charge in [0.1, 0.15) is 5.65 Å². The molecule has 0 saturated carbocycles. The Morgan fingerprint density at radius 3 is 2.81 bits per heavy atom. The number of pyridine rings is 1. The van der Waals surface area contributed by atoms with Crippen LogP contribution in [0.2, 0.25) is 0 Å². The molecule has 0 fully saturated rings. The quantitative estimate of drug-likeness (QED) is 0.371. The molecule has 0 radical (unpaired) electrons. The molecule has 0 unspecified atom stereocenters. The summed E-state index contributed by atoms with van der Waals surface area (Å²) in [7, 11) is 0. The lowest BCUT2D eigenvalue weighted by molar-refractivity contribution is -0.131. The SMILES string of the molecule is O=C(NCC(F)F)c1cnn2ccc(-c3c[nH]c4nc(NCCC(F)(F)F)ncc34)cc12. The highest BCUT2D eigenvalue weighted by Gasteiger charge is 2.26. The Morgan fingerprint density at radius 2 is 2.06 bits per heavy atom. The molecule has 0 bridgehead atoms. The average Bonchev–Trinajstić information content (AvgIpc) is 3.34. The first-order chi connectivity index (χ1) is 15.2. The van der Waals surface area contributed by atoms with Crippen molar-refractivity contribution < 1.29 is 26.7 Å². The molecule has 0 aliphatic rings. The van der Waals surface area contributed by atoms with Crippen LogP contribution in [0.15, 0.2) is 36.9 Å². The molecule has 4 aromatic rings. The molecule has 3 N–H and O–H groups in total. The van der Waals surface area contributed by atoms with E-state index in [1.54, 1.807) is 24.5 Å². The molecule has 0 aliphatic carbocycles. The lowest BCUT2D eigenvalue weighted by Gasteiger charge is -2.07. The van der Waals surface area contributed by atoms with Crippen molar-refractivity contribution in [3.05, 3.63) is 42.5 Å². The van der Waals surface area contributed by atoms with Crippen molar-refractivity contribution in [3.63, 3.8) is 0 Å².